The van der Waals surface area contributed by atoms with Crippen molar-refractivity contribution in [2.24, 2.45) is 0 Å². The minimum atomic E-state index is 0.644. The van der Waals surface area contributed by atoms with E-state index in [0.29, 0.717) is 6.54 Å². The van der Waals surface area contributed by atoms with Gasteiger partial charge in [0.05, 0.1) is 7.11 Å². The number of halogens is 1. The van der Waals surface area contributed by atoms with Crippen LogP contribution in [0.3, 0.4) is 0 Å². The van der Waals surface area contributed by atoms with Crippen LogP contribution < -0.4 is 10.1 Å². The van der Waals surface area contributed by atoms with Gasteiger partial charge < -0.3 is 10.1 Å². The second kappa shape index (κ2) is 5.98. The van der Waals surface area contributed by atoms with E-state index < -0.39 is 0 Å². The van der Waals surface area contributed by atoms with Gasteiger partial charge in [-0.3, -0.25) is 0 Å². The van der Waals surface area contributed by atoms with Gasteiger partial charge in [-0.25, -0.2) is 0 Å². The Balaban J connectivity index is 2.16. The maximum absolute atomic E-state index is 6.21. The molecule has 0 saturated heterocycles. The van der Waals surface area contributed by atoms with E-state index in [9.17, 15) is 0 Å². The van der Waals surface area contributed by atoms with Gasteiger partial charge in [-0.15, -0.1) is 0 Å². The Morgan fingerprint density at radius 3 is 2.58 bits per heavy atom. The molecule has 19 heavy (non-hydrogen) atoms. The molecule has 0 fully saturated rings. The zero-order chi connectivity index (χ0) is 13.8. The summed E-state index contributed by atoms with van der Waals surface area (Å²) in [5.41, 5.74) is 4.63. The van der Waals surface area contributed by atoms with E-state index in [1.165, 1.54) is 11.1 Å². The predicted molar refractivity (Wildman–Crippen MR) is 81.2 cm³/mol. The summed E-state index contributed by atoms with van der Waals surface area (Å²) in [4.78, 5) is 0. The lowest BCUT2D eigenvalue weighted by molar-refractivity contribution is 0.410. The van der Waals surface area contributed by atoms with Crippen molar-refractivity contribution in [3.05, 3.63) is 58.1 Å². The molecule has 0 aliphatic heterocycles. The molecule has 0 heterocycles. The number of methoxy groups -OCH3 is 1. The molecule has 0 amide bonds. The van der Waals surface area contributed by atoms with E-state index in [0.717, 1.165) is 22.0 Å². The van der Waals surface area contributed by atoms with Crippen LogP contribution in [0.2, 0.25) is 5.02 Å². The quantitative estimate of drug-likeness (QED) is 0.882. The Morgan fingerprint density at radius 1 is 1.11 bits per heavy atom. The SMILES string of the molecule is COc1cccc(Cl)c1CNc1ccc(C)c(C)c1. The van der Waals surface area contributed by atoms with Gasteiger partial charge in [-0.05, 0) is 49.2 Å². The third-order valence-electron chi connectivity index (χ3n) is 3.27. The molecule has 0 saturated carbocycles. The number of rotatable bonds is 4. The minimum absolute atomic E-state index is 0.644. The second-order valence-electron chi connectivity index (χ2n) is 4.57. The first-order chi connectivity index (χ1) is 9.11. The maximum atomic E-state index is 6.21. The van der Waals surface area contributed by atoms with Crippen LogP contribution in [0.1, 0.15) is 16.7 Å². The fourth-order valence-electron chi connectivity index (χ4n) is 1.94. The smallest absolute Gasteiger partial charge is 0.125 e. The summed E-state index contributed by atoms with van der Waals surface area (Å²) >= 11 is 6.21. The number of ether oxygens (including phenoxy) is 1. The maximum Gasteiger partial charge on any atom is 0.125 e. The Labute approximate surface area is 119 Å². The summed E-state index contributed by atoms with van der Waals surface area (Å²) in [5, 5.41) is 4.10. The van der Waals surface area contributed by atoms with Gasteiger partial charge in [0.1, 0.15) is 5.75 Å². The second-order valence-corrected chi connectivity index (χ2v) is 4.98. The van der Waals surface area contributed by atoms with Crippen molar-refractivity contribution in [2.45, 2.75) is 20.4 Å². The molecule has 2 nitrogen and oxygen atoms in total. The molecule has 0 unspecified atom stereocenters. The number of benzene rings is 2. The highest BCUT2D eigenvalue weighted by Gasteiger charge is 2.07. The zero-order valence-corrected chi connectivity index (χ0v) is 12.2. The standard InChI is InChI=1S/C16H18ClNO/c1-11-7-8-13(9-12(11)2)18-10-14-15(17)5-4-6-16(14)19-3/h4-9,18H,10H2,1-3H3. The highest BCUT2D eigenvalue weighted by atomic mass is 35.5. The molecule has 0 spiro atoms. The average molecular weight is 276 g/mol. The van der Waals surface area contributed by atoms with E-state index in [4.69, 9.17) is 16.3 Å². The van der Waals surface area contributed by atoms with Gasteiger partial charge in [0, 0.05) is 22.8 Å². The molecular formula is C16H18ClNO. The normalized spacial score (nSPS) is 10.3. The molecular weight excluding hydrogens is 258 g/mol. The van der Waals surface area contributed by atoms with Crippen LogP contribution in [0.15, 0.2) is 36.4 Å². The molecule has 2 aromatic carbocycles. The summed E-state index contributed by atoms with van der Waals surface area (Å²) < 4.78 is 5.33. The molecule has 0 aliphatic carbocycles. The third-order valence-corrected chi connectivity index (χ3v) is 3.63. The fourth-order valence-corrected chi connectivity index (χ4v) is 2.18. The molecule has 2 aromatic rings. The number of aryl methyl sites for hydroxylation is 2. The van der Waals surface area contributed by atoms with E-state index in [-0.39, 0.29) is 0 Å². The van der Waals surface area contributed by atoms with Crippen molar-refractivity contribution in [2.75, 3.05) is 12.4 Å². The molecule has 0 radical (unpaired) electrons. The van der Waals surface area contributed by atoms with Gasteiger partial charge in [0.25, 0.3) is 0 Å². The van der Waals surface area contributed by atoms with Crippen molar-refractivity contribution in [1.29, 1.82) is 0 Å². The summed E-state index contributed by atoms with van der Waals surface area (Å²) in [7, 11) is 1.66. The number of hydrogen-bond acceptors (Lipinski definition) is 2. The zero-order valence-electron chi connectivity index (χ0n) is 11.5. The number of nitrogens with one attached hydrogen (secondary N) is 1. The average Bonchev–Trinajstić information content (AvgIpc) is 2.41. The van der Waals surface area contributed by atoms with E-state index >= 15 is 0 Å². The van der Waals surface area contributed by atoms with E-state index in [2.05, 4.69) is 37.4 Å². The fraction of sp³-hybridized carbons (Fsp3) is 0.250. The molecule has 3 heteroatoms. The van der Waals surface area contributed by atoms with Gasteiger partial charge in [-0.2, -0.15) is 0 Å². The first-order valence-electron chi connectivity index (χ1n) is 6.24. The third kappa shape index (κ3) is 3.21. The Bertz CT molecular complexity index is 581. The largest absolute Gasteiger partial charge is 0.496 e. The Kier molecular flexibility index (Phi) is 4.33. The minimum Gasteiger partial charge on any atom is -0.496 e. The lowest BCUT2D eigenvalue weighted by Crippen LogP contribution is -2.03. The van der Waals surface area contributed by atoms with Crippen molar-refractivity contribution in [3.63, 3.8) is 0 Å². The summed E-state index contributed by atoms with van der Waals surface area (Å²) in [5.74, 6) is 0.809. The molecule has 100 valence electrons. The van der Waals surface area contributed by atoms with Crippen molar-refractivity contribution >= 4 is 17.3 Å². The van der Waals surface area contributed by atoms with Crippen LogP contribution in [0.25, 0.3) is 0 Å². The topological polar surface area (TPSA) is 21.3 Å². The van der Waals surface area contributed by atoms with Crippen LogP contribution in [0.4, 0.5) is 5.69 Å². The molecule has 0 bridgehead atoms. The van der Waals surface area contributed by atoms with Crippen LogP contribution in [0, 0.1) is 13.8 Å². The van der Waals surface area contributed by atoms with Crippen LogP contribution in [-0.4, -0.2) is 7.11 Å². The van der Waals surface area contributed by atoms with Crippen molar-refractivity contribution in [3.8, 4) is 5.75 Å². The molecule has 1 N–H and O–H groups in total. The van der Waals surface area contributed by atoms with E-state index in [1.807, 2.05) is 18.2 Å². The Morgan fingerprint density at radius 2 is 1.89 bits per heavy atom. The molecule has 2 rings (SSSR count). The molecule has 0 aromatic heterocycles. The summed E-state index contributed by atoms with van der Waals surface area (Å²) in [6.07, 6.45) is 0. The first-order valence-corrected chi connectivity index (χ1v) is 6.62. The van der Waals surface area contributed by atoms with Gasteiger partial charge >= 0.3 is 0 Å². The molecule has 0 aliphatic rings. The summed E-state index contributed by atoms with van der Waals surface area (Å²) in [6.45, 7) is 4.86. The number of anilines is 1. The van der Waals surface area contributed by atoms with Crippen LogP contribution >= 0.6 is 11.6 Å². The van der Waals surface area contributed by atoms with Crippen LogP contribution in [-0.2, 0) is 6.54 Å². The highest BCUT2D eigenvalue weighted by molar-refractivity contribution is 6.31. The monoisotopic (exact) mass is 275 g/mol. The summed E-state index contributed by atoms with van der Waals surface area (Å²) in [6, 6.07) is 12.0. The number of hydrogen-bond donors (Lipinski definition) is 1. The van der Waals surface area contributed by atoms with Crippen LogP contribution in [0.5, 0.6) is 5.75 Å². The Hall–Kier alpha value is -1.67. The van der Waals surface area contributed by atoms with Gasteiger partial charge in [-0.1, -0.05) is 23.7 Å². The van der Waals surface area contributed by atoms with Gasteiger partial charge in [0.2, 0.25) is 0 Å². The lowest BCUT2D eigenvalue weighted by atomic mass is 10.1. The first kappa shape index (κ1) is 13.8. The van der Waals surface area contributed by atoms with Crippen molar-refractivity contribution < 1.29 is 4.74 Å². The molecule has 0 atom stereocenters. The predicted octanol–water partition coefficient (Wildman–Crippen LogP) is 4.58. The van der Waals surface area contributed by atoms with Crippen molar-refractivity contribution in [1.82, 2.24) is 0 Å². The lowest BCUT2D eigenvalue weighted by Gasteiger charge is -2.13. The van der Waals surface area contributed by atoms with E-state index in [1.54, 1.807) is 7.11 Å². The highest BCUT2D eigenvalue weighted by Crippen LogP contribution is 2.27. The van der Waals surface area contributed by atoms with Gasteiger partial charge in [0.15, 0.2) is 0 Å².